The molecule has 0 spiro atoms. The van der Waals surface area contributed by atoms with Gasteiger partial charge in [0.15, 0.2) is 0 Å². The molecule has 106 valence electrons. The Morgan fingerprint density at radius 3 is 2.63 bits per heavy atom. The van der Waals surface area contributed by atoms with Gasteiger partial charge in [0.1, 0.15) is 0 Å². The molecule has 6 heteroatoms. The van der Waals surface area contributed by atoms with Crippen molar-refractivity contribution in [2.45, 2.75) is 38.1 Å². The molecule has 1 unspecified atom stereocenters. The number of rotatable bonds is 6. The topological polar surface area (TPSA) is 72.5 Å². The maximum atomic E-state index is 12.1. The molecule has 5 nitrogen and oxygen atoms in total. The van der Waals surface area contributed by atoms with Crippen LogP contribution in [-0.4, -0.2) is 27.0 Å². The van der Waals surface area contributed by atoms with Gasteiger partial charge in [0.2, 0.25) is 10.0 Å². The smallest absolute Gasteiger partial charge is 0.338 e. The molecule has 1 N–H and O–H groups in total. The minimum absolute atomic E-state index is 0.0679. The number of carbonyl (C=O) groups excluding carboxylic acids is 1. The molecule has 0 fully saturated rings. The maximum Gasteiger partial charge on any atom is 0.338 e. The van der Waals surface area contributed by atoms with Gasteiger partial charge in [-0.1, -0.05) is 13.0 Å². The van der Waals surface area contributed by atoms with Crippen LogP contribution in [0.5, 0.6) is 0 Å². The summed E-state index contributed by atoms with van der Waals surface area (Å²) in [6.45, 7) is 5.62. The number of carbonyl (C=O) groups is 1. The van der Waals surface area contributed by atoms with Crippen LogP contribution >= 0.6 is 0 Å². The first-order chi connectivity index (χ1) is 8.90. The Kier molecular flexibility index (Phi) is 5.50. The van der Waals surface area contributed by atoms with Crippen molar-refractivity contribution in [1.82, 2.24) is 4.72 Å². The summed E-state index contributed by atoms with van der Waals surface area (Å²) in [6, 6.07) is 5.67. The third-order valence-corrected chi connectivity index (χ3v) is 4.21. The van der Waals surface area contributed by atoms with E-state index in [0.717, 1.165) is 0 Å². The molecule has 1 atom stereocenters. The van der Waals surface area contributed by atoms with Crippen molar-refractivity contribution in [3.63, 3.8) is 0 Å². The van der Waals surface area contributed by atoms with E-state index in [0.29, 0.717) is 6.42 Å². The number of hydrogen-bond donors (Lipinski definition) is 1. The van der Waals surface area contributed by atoms with Gasteiger partial charge in [0.25, 0.3) is 0 Å². The molecule has 1 aromatic rings. The number of nitrogens with one attached hydrogen (secondary N) is 1. The zero-order valence-corrected chi connectivity index (χ0v) is 12.2. The lowest BCUT2D eigenvalue weighted by Gasteiger charge is -2.12. The lowest BCUT2D eigenvalue weighted by atomic mass is 10.2. The zero-order chi connectivity index (χ0) is 14.5. The third kappa shape index (κ3) is 4.33. The normalized spacial score (nSPS) is 13.0. The van der Waals surface area contributed by atoms with Crippen molar-refractivity contribution in [2.24, 2.45) is 0 Å². The molecular weight excluding hydrogens is 266 g/mol. The van der Waals surface area contributed by atoms with Crippen molar-refractivity contribution < 1.29 is 17.9 Å². The van der Waals surface area contributed by atoms with Crippen molar-refractivity contribution in [1.29, 1.82) is 0 Å². The Morgan fingerprint density at radius 2 is 2.05 bits per heavy atom. The number of hydrogen-bond acceptors (Lipinski definition) is 4. The molecule has 0 heterocycles. The minimum Gasteiger partial charge on any atom is -0.462 e. The first kappa shape index (κ1) is 15.7. The monoisotopic (exact) mass is 285 g/mol. The minimum atomic E-state index is -3.60. The largest absolute Gasteiger partial charge is 0.462 e. The number of esters is 1. The van der Waals surface area contributed by atoms with E-state index in [1.165, 1.54) is 24.3 Å². The summed E-state index contributed by atoms with van der Waals surface area (Å²) >= 11 is 0. The van der Waals surface area contributed by atoms with Gasteiger partial charge in [-0.3, -0.25) is 0 Å². The van der Waals surface area contributed by atoms with E-state index in [2.05, 4.69) is 4.72 Å². The van der Waals surface area contributed by atoms with Crippen molar-refractivity contribution >= 4 is 16.0 Å². The van der Waals surface area contributed by atoms with Crippen LogP contribution in [0.3, 0.4) is 0 Å². The van der Waals surface area contributed by atoms with Crippen LogP contribution in [0.1, 0.15) is 37.6 Å². The van der Waals surface area contributed by atoms with Crippen LogP contribution in [-0.2, 0) is 14.8 Å². The molecule has 19 heavy (non-hydrogen) atoms. The Bertz CT molecular complexity index is 539. The fraction of sp³-hybridized carbons (Fsp3) is 0.462. The Balaban J connectivity index is 3.02. The Morgan fingerprint density at radius 1 is 1.37 bits per heavy atom. The van der Waals surface area contributed by atoms with Crippen LogP contribution < -0.4 is 4.72 Å². The fourth-order valence-corrected chi connectivity index (χ4v) is 2.79. The van der Waals surface area contributed by atoms with Gasteiger partial charge in [-0.25, -0.2) is 17.9 Å². The van der Waals surface area contributed by atoms with Crippen molar-refractivity contribution in [3.8, 4) is 0 Å². The second kappa shape index (κ2) is 6.68. The summed E-state index contributed by atoms with van der Waals surface area (Å²) in [6.07, 6.45) is 0.691. The Labute approximate surface area is 114 Å². The summed E-state index contributed by atoms with van der Waals surface area (Å²) in [5, 5.41) is 0. The fourth-order valence-electron chi connectivity index (χ4n) is 1.42. The van der Waals surface area contributed by atoms with E-state index < -0.39 is 16.0 Å². The van der Waals surface area contributed by atoms with Crippen LogP contribution in [0.4, 0.5) is 0 Å². The third-order valence-electron chi connectivity index (χ3n) is 2.62. The molecule has 0 aliphatic rings. The summed E-state index contributed by atoms with van der Waals surface area (Å²) in [5.41, 5.74) is 0.230. The molecule has 0 amide bonds. The summed E-state index contributed by atoms with van der Waals surface area (Å²) in [4.78, 5) is 11.6. The van der Waals surface area contributed by atoms with E-state index in [1.54, 1.807) is 13.8 Å². The predicted octanol–water partition coefficient (Wildman–Crippen LogP) is 1.94. The highest BCUT2D eigenvalue weighted by molar-refractivity contribution is 7.89. The lowest BCUT2D eigenvalue weighted by Crippen LogP contribution is -2.32. The zero-order valence-electron chi connectivity index (χ0n) is 11.3. The second-order valence-electron chi connectivity index (χ2n) is 4.18. The van der Waals surface area contributed by atoms with Crippen LogP contribution in [0.15, 0.2) is 29.2 Å². The average molecular weight is 285 g/mol. The molecule has 1 rings (SSSR count). The van der Waals surface area contributed by atoms with E-state index in [4.69, 9.17) is 4.74 Å². The van der Waals surface area contributed by atoms with E-state index in [9.17, 15) is 13.2 Å². The second-order valence-corrected chi connectivity index (χ2v) is 5.89. The van der Waals surface area contributed by atoms with E-state index in [-0.39, 0.29) is 23.1 Å². The maximum absolute atomic E-state index is 12.1. The van der Waals surface area contributed by atoms with Gasteiger partial charge in [-0.15, -0.1) is 0 Å². The van der Waals surface area contributed by atoms with Gasteiger partial charge >= 0.3 is 5.97 Å². The van der Waals surface area contributed by atoms with Crippen LogP contribution in [0.2, 0.25) is 0 Å². The van der Waals surface area contributed by atoms with Crippen LogP contribution in [0.25, 0.3) is 0 Å². The highest BCUT2D eigenvalue weighted by Crippen LogP contribution is 2.13. The standard InChI is InChI=1S/C13H19NO4S/c1-4-10(3)14-19(16,17)12-8-6-7-11(9-12)13(15)18-5-2/h6-10,14H,4-5H2,1-3H3. The molecule has 0 saturated carbocycles. The molecule has 0 saturated heterocycles. The number of sulfonamides is 1. The molecule has 0 radical (unpaired) electrons. The molecule has 0 aliphatic carbocycles. The van der Waals surface area contributed by atoms with E-state index in [1.807, 2.05) is 6.92 Å². The SMILES string of the molecule is CCOC(=O)c1cccc(S(=O)(=O)NC(C)CC)c1. The summed E-state index contributed by atoms with van der Waals surface area (Å²) in [7, 11) is -3.60. The predicted molar refractivity (Wildman–Crippen MR) is 72.5 cm³/mol. The molecule has 0 aromatic heterocycles. The van der Waals surface area contributed by atoms with Gasteiger partial charge in [-0.05, 0) is 38.5 Å². The molecule has 0 bridgehead atoms. The van der Waals surface area contributed by atoms with Gasteiger partial charge in [0, 0.05) is 6.04 Å². The first-order valence-electron chi connectivity index (χ1n) is 6.20. The molecule has 0 aliphatic heterocycles. The van der Waals surface area contributed by atoms with Crippen molar-refractivity contribution in [2.75, 3.05) is 6.61 Å². The number of ether oxygens (including phenoxy) is 1. The average Bonchev–Trinajstić information content (AvgIpc) is 2.38. The number of benzene rings is 1. The van der Waals surface area contributed by atoms with E-state index >= 15 is 0 Å². The molecule has 1 aromatic carbocycles. The van der Waals surface area contributed by atoms with Gasteiger partial charge < -0.3 is 4.74 Å². The molecular formula is C13H19NO4S. The van der Waals surface area contributed by atoms with Crippen molar-refractivity contribution in [3.05, 3.63) is 29.8 Å². The highest BCUT2D eigenvalue weighted by Gasteiger charge is 2.18. The van der Waals surface area contributed by atoms with Crippen LogP contribution in [0, 0.1) is 0 Å². The summed E-state index contributed by atoms with van der Waals surface area (Å²) in [5.74, 6) is -0.525. The quantitative estimate of drug-likeness (QED) is 0.811. The Hall–Kier alpha value is -1.40. The van der Waals surface area contributed by atoms with Gasteiger partial charge in [0.05, 0.1) is 17.1 Å². The first-order valence-corrected chi connectivity index (χ1v) is 7.68. The summed E-state index contributed by atoms with van der Waals surface area (Å²) < 4.78 is 31.5. The highest BCUT2D eigenvalue weighted by atomic mass is 32.2. The van der Waals surface area contributed by atoms with Gasteiger partial charge in [-0.2, -0.15) is 0 Å². The lowest BCUT2D eigenvalue weighted by molar-refractivity contribution is 0.0526.